The third kappa shape index (κ3) is 4.95. The van der Waals surface area contributed by atoms with Gasteiger partial charge in [0, 0.05) is 83.0 Å². The van der Waals surface area contributed by atoms with Gasteiger partial charge in [0.2, 0.25) is 5.91 Å². The van der Waals surface area contributed by atoms with E-state index in [1.165, 1.54) is 7.11 Å². The maximum atomic E-state index is 13.6. The smallest absolute Gasteiger partial charge is 0.324 e. The molecule has 11 heteroatoms. The van der Waals surface area contributed by atoms with Gasteiger partial charge >= 0.3 is 6.03 Å². The predicted octanol–water partition coefficient (Wildman–Crippen LogP) is 2.45. The van der Waals surface area contributed by atoms with Gasteiger partial charge in [-0.05, 0) is 44.2 Å². The molecule has 3 aliphatic rings. The van der Waals surface area contributed by atoms with E-state index in [0.717, 1.165) is 65.5 Å². The second-order valence-electron chi connectivity index (χ2n) is 10.9. The number of urea groups is 1. The fraction of sp³-hybridized carbons (Fsp3) is 0.483. The predicted molar refractivity (Wildman–Crippen MR) is 153 cm³/mol. The molecule has 3 aromatic rings. The van der Waals surface area contributed by atoms with Crippen molar-refractivity contribution in [1.29, 1.82) is 0 Å². The third-order valence-electron chi connectivity index (χ3n) is 8.26. The number of carbonyl (C=O) groups is 2. The summed E-state index contributed by atoms with van der Waals surface area (Å²) in [7, 11) is 5.49. The lowest BCUT2D eigenvalue weighted by Crippen LogP contribution is -2.54. The number of anilines is 2. The zero-order valence-corrected chi connectivity index (χ0v) is 23.4. The summed E-state index contributed by atoms with van der Waals surface area (Å²) < 4.78 is 5.03. The summed E-state index contributed by atoms with van der Waals surface area (Å²) in [6, 6.07) is 7.98. The molecule has 0 atom stereocenters. The van der Waals surface area contributed by atoms with Crippen LogP contribution in [0.4, 0.5) is 16.3 Å². The SMILES string of the molecule is COCC(=O)N1CCC(N2C(=O)N(C)Cc3cnc4ccc(-c5ccc(N6CCN(C)CC6)nc5)nc4c32)CC1. The lowest BCUT2D eigenvalue weighted by atomic mass is 9.99. The van der Waals surface area contributed by atoms with Gasteiger partial charge in [0.15, 0.2) is 0 Å². The van der Waals surface area contributed by atoms with Crippen molar-refractivity contribution < 1.29 is 14.3 Å². The molecule has 3 amide bonds. The number of likely N-dealkylation sites (N-methyl/N-ethyl adjacent to an activating group) is 1. The number of ether oxygens (including phenoxy) is 1. The Morgan fingerprint density at radius 2 is 1.75 bits per heavy atom. The van der Waals surface area contributed by atoms with Crippen molar-refractivity contribution in [2.75, 3.05) is 76.9 Å². The first-order valence-corrected chi connectivity index (χ1v) is 13.9. The summed E-state index contributed by atoms with van der Waals surface area (Å²) in [4.78, 5) is 50.5. The van der Waals surface area contributed by atoms with Crippen molar-refractivity contribution in [2.45, 2.75) is 25.4 Å². The lowest BCUT2D eigenvalue weighted by Gasteiger charge is -2.43. The van der Waals surface area contributed by atoms with Crippen molar-refractivity contribution in [3.05, 3.63) is 42.2 Å². The number of aromatic nitrogens is 3. The van der Waals surface area contributed by atoms with Gasteiger partial charge in [-0.2, -0.15) is 0 Å². The topological polar surface area (TPSA) is 98.2 Å². The molecule has 0 N–H and O–H groups in total. The molecular formula is C29H36N8O3. The van der Waals surface area contributed by atoms with Crippen LogP contribution in [0.2, 0.25) is 0 Å². The first-order valence-electron chi connectivity index (χ1n) is 13.9. The number of likely N-dealkylation sites (tertiary alicyclic amines) is 1. The van der Waals surface area contributed by atoms with E-state index in [4.69, 9.17) is 14.7 Å². The minimum Gasteiger partial charge on any atom is -0.375 e. The number of piperazine rings is 1. The molecule has 2 saturated heterocycles. The number of hydrogen-bond acceptors (Lipinski definition) is 8. The quantitative estimate of drug-likeness (QED) is 0.483. The van der Waals surface area contributed by atoms with E-state index >= 15 is 0 Å². The van der Waals surface area contributed by atoms with Crippen LogP contribution in [0.1, 0.15) is 18.4 Å². The van der Waals surface area contributed by atoms with E-state index in [9.17, 15) is 9.59 Å². The second-order valence-corrected chi connectivity index (χ2v) is 10.9. The Morgan fingerprint density at radius 1 is 0.975 bits per heavy atom. The van der Waals surface area contributed by atoms with Gasteiger partial charge in [-0.15, -0.1) is 0 Å². The van der Waals surface area contributed by atoms with Crippen LogP contribution in [0.5, 0.6) is 0 Å². The molecule has 0 unspecified atom stereocenters. The number of piperidine rings is 1. The number of methoxy groups -OCH3 is 1. The molecule has 2 fully saturated rings. The van der Waals surface area contributed by atoms with Crippen LogP contribution in [-0.2, 0) is 16.1 Å². The highest BCUT2D eigenvalue weighted by Crippen LogP contribution is 2.38. The van der Waals surface area contributed by atoms with Crippen molar-refractivity contribution >= 4 is 34.5 Å². The Balaban J connectivity index is 1.31. The van der Waals surface area contributed by atoms with Crippen LogP contribution < -0.4 is 9.80 Å². The molecule has 0 aromatic carbocycles. The summed E-state index contributed by atoms with van der Waals surface area (Å²) in [6.07, 6.45) is 5.12. The molecule has 11 nitrogen and oxygen atoms in total. The van der Waals surface area contributed by atoms with E-state index in [1.54, 1.807) is 4.90 Å². The average molecular weight is 545 g/mol. The van der Waals surface area contributed by atoms with Crippen LogP contribution >= 0.6 is 0 Å². The van der Waals surface area contributed by atoms with Crippen molar-refractivity contribution in [2.24, 2.45) is 0 Å². The van der Waals surface area contributed by atoms with Gasteiger partial charge in [-0.3, -0.25) is 14.7 Å². The van der Waals surface area contributed by atoms with Crippen LogP contribution in [0.3, 0.4) is 0 Å². The molecule has 3 aliphatic heterocycles. The van der Waals surface area contributed by atoms with Gasteiger partial charge in [-0.1, -0.05) is 0 Å². The van der Waals surface area contributed by atoms with E-state index in [-0.39, 0.29) is 24.6 Å². The number of fused-ring (bicyclic) bond motifs is 3. The van der Waals surface area contributed by atoms with Crippen LogP contribution in [0, 0.1) is 0 Å². The highest BCUT2D eigenvalue weighted by Gasteiger charge is 2.37. The zero-order chi connectivity index (χ0) is 27.8. The van der Waals surface area contributed by atoms with Crippen molar-refractivity contribution in [1.82, 2.24) is 29.7 Å². The first kappa shape index (κ1) is 26.4. The lowest BCUT2D eigenvalue weighted by molar-refractivity contribution is -0.136. The largest absolute Gasteiger partial charge is 0.375 e. The van der Waals surface area contributed by atoms with Gasteiger partial charge in [0.05, 0.1) is 23.4 Å². The highest BCUT2D eigenvalue weighted by atomic mass is 16.5. The number of carbonyl (C=O) groups excluding carboxylic acids is 2. The normalized spacial score (nSPS) is 18.9. The van der Waals surface area contributed by atoms with Crippen LogP contribution in [0.15, 0.2) is 36.7 Å². The average Bonchev–Trinajstić information content (AvgIpc) is 2.98. The standard InChI is InChI=1S/C29H36N8O3/c1-33-12-14-35(15-13-33)25-7-4-20(16-31-25)23-5-6-24-27(32-23)28-21(17-30-24)18-34(2)29(39)37(28)22-8-10-36(11-9-22)26(38)19-40-3/h4-7,16-17,22H,8-15,18-19H2,1-3H3. The van der Waals surface area contributed by atoms with E-state index in [1.807, 2.05) is 41.4 Å². The molecule has 6 heterocycles. The maximum absolute atomic E-state index is 13.6. The molecule has 0 radical (unpaired) electrons. The van der Waals surface area contributed by atoms with Gasteiger partial charge in [0.1, 0.15) is 17.9 Å². The van der Waals surface area contributed by atoms with Crippen LogP contribution in [-0.4, -0.2) is 115 Å². The molecule has 0 spiro atoms. The zero-order valence-electron chi connectivity index (χ0n) is 23.4. The van der Waals surface area contributed by atoms with Crippen LogP contribution in [0.25, 0.3) is 22.3 Å². The monoisotopic (exact) mass is 544 g/mol. The molecule has 0 aliphatic carbocycles. The molecule has 0 bridgehead atoms. The van der Waals surface area contributed by atoms with Gasteiger partial charge in [0.25, 0.3) is 0 Å². The summed E-state index contributed by atoms with van der Waals surface area (Å²) in [5, 5.41) is 0. The molecule has 40 heavy (non-hydrogen) atoms. The van der Waals surface area contributed by atoms with E-state index in [0.29, 0.717) is 32.5 Å². The number of rotatable bonds is 5. The Labute approximate surface area is 234 Å². The minimum atomic E-state index is -0.0490. The summed E-state index contributed by atoms with van der Waals surface area (Å²) >= 11 is 0. The second kappa shape index (κ2) is 11.0. The Kier molecular flexibility index (Phi) is 7.24. The highest BCUT2D eigenvalue weighted by molar-refractivity contribution is 6.04. The molecule has 0 saturated carbocycles. The fourth-order valence-electron chi connectivity index (χ4n) is 5.93. The Bertz CT molecular complexity index is 1400. The number of pyridine rings is 3. The summed E-state index contributed by atoms with van der Waals surface area (Å²) in [5.41, 5.74) is 5.00. The van der Waals surface area contributed by atoms with E-state index < -0.39 is 0 Å². The Morgan fingerprint density at radius 3 is 2.45 bits per heavy atom. The molecule has 3 aromatic heterocycles. The summed E-state index contributed by atoms with van der Waals surface area (Å²) in [6.45, 7) is 5.71. The maximum Gasteiger partial charge on any atom is 0.324 e. The number of nitrogens with zero attached hydrogens (tertiary/aromatic N) is 8. The van der Waals surface area contributed by atoms with Crippen molar-refractivity contribution in [3.8, 4) is 11.3 Å². The van der Waals surface area contributed by atoms with Gasteiger partial charge in [-0.25, -0.2) is 14.8 Å². The minimum absolute atomic E-state index is 0.0170. The molecule has 210 valence electrons. The number of hydrogen-bond donors (Lipinski definition) is 0. The Hall–Kier alpha value is -3.83. The fourth-order valence-corrected chi connectivity index (χ4v) is 5.93. The van der Waals surface area contributed by atoms with E-state index in [2.05, 4.69) is 34.0 Å². The first-order chi connectivity index (χ1) is 19.4. The number of amides is 3. The summed E-state index contributed by atoms with van der Waals surface area (Å²) in [5.74, 6) is 0.962. The van der Waals surface area contributed by atoms with Gasteiger partial charge < -0.3 is 24.3 Å². The molecular weight excluding hydrogens is 508 g/mol. The third-order valence-corrected chi connectivity index (χ3v) is 8.26. The van der Waals surface area contributed by atoms with Crippen molar-refractivity contribution in [3.63, 3.8) is 0 Å². The molecule has 6 rings (SSSR count).